The molecule has 3 heteroatoms. The molecule has 0 aliphatic heterocycles. The molecular weight excluding hydrogens is 200 g/mol. The third-order valence-corrected chi connectivity index (χ3v) is 3.48. The van der Waals surface area contributed by atoms with Gasteiger partial charge in [0, 0.05) is 20.1 Å². The molecule has 0 spiro atoms. The molecule has 1 amide bonds. The van der Waals surface area contributed by atoms with E-state index in [-0.39, 0.29) is 11.9 Å². The van der Waals surface area contributed by atoms with Crippen molar-refractivity contribution in [2.75, 3.05) is 14.1 Å². The van der Waals surface area contributed by atoms with Crippen LogP contribution in [-0.2, 0) is 4.79 Å². The van der Waals surface area contributed by atoms with Gasteiger partial charge in [-0.25, -0.2) is 0 Å². The molecule has 0 saturated heterocycles. The quantitative estimate of drug-likeness (QED) is 0.797. The third kappa shape index (κ3) is 3.78. The van der Waals surface area contributed by atoms with Crippen LogP contribution < -0.4 is 5.32 Å². The molecule has 1 aliphatic carbocycles. The Balaban J connectivity index is 2.44. The lowest BCUT2D eigenvalue weighted by molar-refractivity contribution is -0.130. The fraction of sp³-hybridized carbons (Fsp3) is 0.923. The molecule has 3 nitrogen and oxygen atoms in total. The molecule has 1 rings (SSSR count). The van der Waals surface area contributed by atoms with Crippen molar-refractivity contribution in [3.63, 3.8) is 0 Å². The molecular formula is C13H26N2O. The average Bonchev–Trinajstić information content (AvgIpc) is 2.14. The van der Waals surface area contributed by atoms with Gasteiger partial charge in [-0.15, -0.1) is 0 Å². The van der Waals surface area contributed by atoms with Gasteiger partial charge in [0.15, 0.2) is 0 Å². The van der Waals surface area contributed by atoms with Gasteiger partial charge < -0.3 is 10.2 Å². The van der Waals surface area contributed by atoms with Crippen LogP contribution in [0.25, 0.3) is 0 Å². The Bertz CT molecular complexity index is 230. The van der Waals surface area contributed by atoms with E-state index in [1.165, 1.54) is 19.3 Å². The summed E-state index contributed by atoms with van der Waals surface area (Å²) in [4.78, 5) is 13.4. The maximum Gasteiger partial charge on any atom is 0.238 e. The summed E-state index contributed by atoms with van der Waals surface area (Å²) in [5.41, 5.74) is 0. The van der Waals surface area contributed by atoms with Crippen molar-refractivity contribution in [2.24, 2.45) is 11.8 Å². The molecule has 1 aliphatic rings. The van der Waals surface area contributed by atoms with Gasteiger partial charge in [-0.05, 0) is 38.0 Å². The Hall–Kier alpha value is -0.570. The lowest BCUT2D eigenvalue weighted by atomic mass is 9.80. The van der Waals surface area contributed by atoms with Crippen molar-refractivity contribution in [3.8, 4) is 0 Å². The van der Waals surface area contributed by atoms with Crippen LogP contribution in [0.5, 0.6) is 0 Å². The smallest absolute Gasteiger partial charge is 0.238 e. The maximum absolute atomic E-state index is 11.7. The highest BCUT2D eigenvalue weighted by atomic mass is 16.2. The minimum absolute atomic E-state index is 0.0579. The summed E-state index contributed by atoms with van der Waals surface area (Å²) >= 11 is 0. The second kappa shape index (κ2) is 5.67. The Labute approximate surface area is 99.6 Å². The molecule has 0 heterocycles. The van der Waals surface area contributed by atoms with Gasteiger partial charge in [0.25, 0.3) is 0 Å². The third-order valence-electron chi connectivity index (χ3n) is 3.48. The van der Waals surface area contributed by atoms with Gasteiger partial charge in [-0.2, -0.15) is 0 Å². The zero-order valence-electron chi connectivity index (χ0n) is 11.3. The molecule has 3 unspecified atom stereocenters. The Morgan fingerprint density at radius 2 is 1.69 bits per heavy atom. The van der Waals surface area contributed by atoms with E-state index in [0.29, 0.717) is 6.04 Å². The van der Waals surface area contributed by atoms with Crippen molar-refractivity contribution in [3.05, 3.63) is 0 Å². The van der Waals surface area contributed by atoms with E-state index in [1.807, 2.05) is 21.0 Å². The van der Waals surface area contributed by atoms with E-state index >= 15 is 0 Å². The van der Waals surface area contributed by atoms with Gasteiger partial charge >= 0.3 is 0 Å². The Kier molecular flexibility index (Phi) is 4.78. The topological polar surface area (TPSA) is 32.3 Å². The van der Waals surface area contributed by atoms with E-state index in [9.17, 15) is 4.79 Å². The van der Waals surface area contributed by atoms with Crippen LogP contribution in [0.4, 0.5) is 0 Å². The fourth-order valence-electron chi connectivity index (χ4n) is 2.90. The minimum atomic E-state index is -0.0579. The first-order valence-corrected chi connectivity index (χ1v) is 6.37. The van der Waals surface area contributed by atoms with Crippen LogP contribution in [0.15, 0.2) is 0 Å². The van der Waals surface area contributed by atoms with Gasteiger partial charge in [0.1, 0.15) is 0 Å². The minimum Gasteiger partial charge on any atom is -0.347 e. The number of nitrogens with zero attached hydrogens (tertiary/aromatic N) is 1. The molecule has 1 saturated carbocycles. The SMILES string of the molecule is CC1CC(C)CC(NC(C)C(=O)N(C)C)C1. The summed E-state index contributed by atoms with van der Waals surface area (Å²) in [6.07, 6.45) is 3.74. The van der Waals surface area contributed by atoms with Crippen molar-refractivity contribution in [2.45, 2.75) is 52.1 Å². The van der Waals surface area contributed by atoms with E-state index in [4.69, 9.17) is 0 Å². The second-order valence-corrected chi connectivity index (χ2v) is 5.74. The highest BCUT2D eigenvalue weighted by Crippen LogP contribution is 2.28. The van der Waals surface area contributed by atoms with Crippen LogP contribution in [0.2, 0.25) is 0 Å². The summed E-state index contributed by atoms with van der Waals surface area (Å²) in [5, 5.41) is 3.47. The van der Waals surface area contributed by atoms with Gasteiger partial charge in [0.2, 0.25) is 5.91 Å². The number of carbonyl (C=O) groups is 1. The van der Waals surface area contributed by atoms with Crippen LogP contribution in [0, 0.1) is 11.8 Å². The number of carbonyl (C=O) groups excluding carboxylic acids is 1. The summed E-state index contributed by atoms with van der Waals surface area (Å²) in [7, 11) is 3.62. The summed E-state index contributed by atoms with van der Waals surface area (Å²) < 4.78 is 0. The lowest BCUT2D eigenvalue weighted by Gasteiger charge is -2.34. The van der Waals surface area contributed by atoms with E-state index in [2.05, 4.69) is 19.2 Å². The molecule has 94 valence electrons. The maximum atomic E-state index is 11.7. The number of nitrogens with one attached hydrogen (secondary N) is 1. The largest absolute Gasteiger partial charge is 0.347 e. The molecule has 3 atom stereocenters. The number of amides is 1. The fourth-order valence-corrected chi connectivity index (χ4v) is 2.90. The molecule has 0 radical (unpaired) electrons. The lowest BCUT2D eigenvalue weighted by Crippen LogP contribution is -2.48. The Morgan fingerprint density at radius 3 is 2.12 bits per heavy atom. The first-order chi connectivity index (χ1) is 7.40. The van der Waals surface area contributed by atoms with Gasteiger partial charge in [0.05, 0.1) is 6.04 Å². The first kappa shape index (κ1) is 13.5. The van der Waals surface area contributed by atoms with Crippen LogP contribution in [-0.4, -0.2) is 37.0 Å². The highest BCUT2D eigenvalue weighted by Gasteiger charge is 2.26. The van der Waals surface area contributed by atoms with Crippen molar-refractivity contribution in [1.82, 2.24) is 10.2 Å². The molecule has 16 heavy (non-hydrogen) atoms. The molecule has 0 aromatic rings. The van der Waals surface area contributed by atoms with E-state index < -0.39 is 0 Å². The molecule has 1 N–H and O–H groups in total. The molecule has 0 aromatic heterocycles. The van der Waals surface area contributed by atoms with Crippen molar-refractivity contribution < 1.29 is 4.79 Å². The second-order valence-electron chi connectivity index (χ2n) is 5.74. The monoisotopic (exact) mass is 226 g/mol. The van der Waals surface area contributed by atoms with Gasteiger partial charge in [-0.3, -0.25) is 4.79 Å². The summed E-state index contributed by atoms with van der Waals surface area (Å²) in [5.74, 6) is 1.73. The normalized spacial score (nSPS) is 32.2. The average molecular weight is 226 g/mol. The molecule has 1 fully saturated rings. The highest BCUT2D eigenvalue weighted by molar-refractivity contribution is 5.80. The number of hydrogen-bond acceptors (Lipinski definition) is 2. The summed E-state index contributed by atoms with van der Waals surface area (Å²) in [6, 6.07) is 0.454. The van der Waals surface area contributed by atoms with Crippen LogP contribution in [0.1, 0.15) is 40.0 Å². The molecule has 0 aromatic carbocycles. The van der Waals surface area contributed by atoms with Crippen molar-refractivity contribution >= 4 is 5.91 Å². The predicted molar refractivity (Wildman–Crippen MR) is 67.3 cm³/mol. The predicted octanol–water partition coefficient (Wildman–Crippen LogP) is 1.88. The van der Waals surface area contributed by atoms with E-state index in [1.54, 1.807) is 4.90 Å². The number of hydrogen-bond donors (Lipinski definition) is 1. The first-order valence-electron chi connectivity index (χ1n) is 6.37. The van der Waals surface area contributed by atoms with Crippen LogP contribution in [0.3, 0.4) is 0 Å². The Morgan fingerprint density at radius 1 is 1.19 bits per heavy atom. The number of rotatable bonds is 3. The van der Waals surface area contributed by atoms with Crippen molar-refractivity contribution in [1.29, 1.82) is 0 Å². The summed E-state index contributed by atoms with van der Waals surface area (Å²) in [6.45, 7) is 6.58. The number of likely N-dealkylation sites (N-methyl/N-ethyl adjacent to an activating group) is 1. The molecule has 0 bridgehead atoms. The standard InChI is InChI=1S/C13H26N2O/c1-9-6-10(2)8-12(7-9)14-11(3)13(16)15(4)5/h9-12,14H,6-8H2,1-5H3. The zero-order valence-corrected chi connectivity index (χ0v) is 11.3. The van der Waals surface area contributed by atoms with Crippen LogP contribution >= 0.6 is 0 Å². The van der Waals surface area contributed by atoms with E-state index in [0.717, 1.165) is 11.8 Å². The zero-order chi connectivity index (χ0) is 12.3. The van der Waals surface area contributed by atoms with Gasteiger partial charge in [-0.1, -0.05) is 13.8 Å².